The molecule has 0 saturated carbocycles. The Labute approximate surface area is 194 Å². The first kappa shape index (κ1) is 24.4. The Morgan fingerprint density at radius 3 is 2.21 bits per heavy atom. The van der Waals surface area contributed by atoms with Crippen molar-refractivity contribution in [3.63, 3.8) is 0 Å². The van der Waals surface area contributed by atoms with E-state index < -0.39 is 0 Å². The van der Waals surface area contributed by atoms with Crippen molar-refractivity contribution in [2.45, 2.75) is 19.5 Å². The number of rotatable bonds is 17. The van der Waals surface area contributed by atoms with Crippen molar-refractivity contribution in [1.29, 1.82) is 0 Å². The molecule has 1 aromatic carbocycles. The maximum Gasteiger partial charge on any atom is 0.229 e. The molecule has 178 valence electrons. The highest BCUT2D eigenvalue weighted by atomic mass is 16.5. The van der Waals surface area contributed by atoms with Gasteiger partial charge in [-0.15, -0.1) is 0 Å². The zero-order valence-electron chi connectivity index (χ0n) is 18.8. The van der Waals surface area contributed by atoms with E-state index in [1.807, 2.05) is 35.3 Å². The SMILES string of the molecule is NCCOCCOCCNc1nc(NCCCn2ccnc2)nc(NCc2ccccc2)n1. The van der Waals surface area contributed by atoms with Gasteiger partial charge in [0.25, 0.3) is 0 Å². The fourth-order valence-electron chi connectivity index (χ4n) is 2.91. The van der Waals surface area contributed by atoms with Crippen LogP contribution in [0.1, 0.15) is 12.0 Å². The highest BCUT2D eigenvalue weighted by Gasteiger charge is 2.07. The van der Waals surface area contributed by atoms with Crippen molar-refractivity contribution in [2.24, 2.45) is 5.73 Å². The molecule has 33 heavy (non-hydrogen) atoms. The number of benzene rings is 1. The van der Waals surface area contributed by atoms with Gasteiger partial charge in [0.1, 0.15) is 0 Å². The monoisotopic (exact) mass is 455 g/mol. The van der Waals surface area contributed by atoms with Gasteiger partial charge in [0.05, 0.1) is 32.8 Å². The van der Waals surface area contributed by atoms with Gasteiger partial charge in [-0.3, -0.25) is 0 Å². The van der Waals surface area contributed by atoms with E-state index in [0.29, 0.717) is 63.9 Å². The molecule has 11 nitrogen and oxygen atoms in total. The second-order valence-corrected chi connectivity index (χ2v) is 7.17. The number of hydrogen-bond acceptors (Lipinski definition) is 10. The second-order valence-electron chi connectivity index (χ2n) is 7.17. The minimum atomic E-state index is 0.487. The first-order valence-electron chi connectivity index (χ1n) is 11.2. The fourth-order valence-corrected chi connectivity index (χ4v) is 2.91. The van der Waals surface area contributed by atoms with Crippen LogP contribution in [0.3, 0.4) is 0 Å². The van der Waals surface area contributed by atoms with Gasteiger partial charge in [-0.05, 0) is 12.0 Å². The number of nitrogens with two attached hydrogens (primary N) is 1. The van der Waals surface area contributed by atoms with Crippen molar-refractivity contribution >= 4 is 17.8 Å². The third-order valence-electron chi connectivity index (χ3n) is 4.53. The molecule has 0 spiro atoms. The Morgan fingerprint density at radius 2 is 1.52 bits per heavy atom. The first-order valence-corrected chi connectivity index (χ1v) is 11.2. The number of nitrogens with one attached hydrogen (secondary N) is 3. The minimum absolute atomic E-state index is 0.487. The number of aromatic nitrogens is 5. The zero-order valence-corrected chi connectivity index (χ0v) is 18.8. The fraction of sp³-hybridized carbons (Fsp3) is 0.455. The normalized spacial score (nSPS) is 10.8. The number of anilines is 3. The molecule has 0 saturated heterocycles. The number of aryl methyl sites for hydroxylation is 1. The van der Waals surface area contributed by atoms with E-state index >= 15 is 0 Å². The summed E-state index contributed by atoms with van der Waals surface area (Å²) in [5.41, 5.74) is 6.53. The predicted octanol–water partition coefficient (Wildman–Crippen LogP) is 1.59. The molecule has 0 radical (unpaired) electrons. The van der Waals surface area contributed by atoms with E-state index in [0.717, 1.165) is 25.1 Å². The van der Waals surface area contributed by atoms with Crippen LogP contribution in [0.5, 0.6) is 0 Å². The molecule has 0 fully saturated rings. The Balaban J connectivity index is 1.49. The van der Waals surface area contributed by atoms with E-state index in [-0.39, 0.29) is 0 Å². The summed E-state index contributed by atoms with van der Waals surface area (Å²) in [6.07, 6.45) is 6.45. The van der Waals surface area contributed by atoms with Crippen LogP contribution in [0, 0.1) is 0 Å². The molecule has 0 amide bonds. The lowest BCUT2D eigenvalue weighted by Gasteiger charge is -2.12. The van der Waals surface area contributed by atoms with Gasteiger partial charge in [-0.2, -0.15) is 15.0 Å². The average molecular weight is 456 g/mol. The van der Waals surface area contributed by atoms with Gasteiger partial charge < -0.3 is 35.7 Å². The third-order valence-corrected chi connectivity index (χ3v) is 4.53. The molecule has 2 heterocycles. The van der Waals surface area contributed by atoms with Crippen LogP contribution in [-0.4, -0.2) is 70.6 Å². The standard InChI is InChI=1S/C22H33N9O2/c23-7-13-32-15-16-33-14-10-26-21-28-20(25-8-4-11-31-12-9-24-18-31)29-22(30-21)27-17-19-5-2-1-3-6-19/h1-3,5-6,9,12,18H,4,7-8,10-11,13-17,23H2,(H3,25,26,27,28,29,30). The molecular weight excluding hydrogens is 422 g/mol. The Hall–Kier alpha value is -3.28. The molecule has 2 aromatic heterocycles. The lowest BCUT2D eigenvalue weighted by molar-refractivity contribution is 0.0547. The summed E-state index contributed by atoms with van der Waals surface area (Å²) in [4.78, 5) is 17.5. The molecule has 0 unspecified atom stereocenters. The summed E-state index contributed by atoms with van der Waals surface area (Å²) in [6.45, 7) is 5.41. The summed E-state index contributed by atoms with van der Waals surface area (Å²) >= 11 is 0. The second kappa shape index (κ2) is 14.7. The molecular formula is C22H33N9O2. The van der Waals surface area contributed by atoms with E-state index in [9.17, 15) is 0 Å². The third kappa shape index (κ3) is 9.81. The largest absolute Gasteiger partial charge is 0.378 e. The van der Waals surface area contributed by atoms with E-state index in [4.69, 9.17) is 15.2 Å². The van der Waals surface area contributed by atoms with Crippen LogP contribution in [0.15, 0.2) is 49.1 Å². The number of nitrogens with zero attached hydrogens (tertiary/aromatic N) is 5. The van der Waals surface area contributed by atoms with Gasteiger partial charge >= 0.3 is 0 Å². The van der Waals surface area contributed by atoms with Crippen molar-refractivity contribution < 1.29 is 9.47 Å². The maximum atomic E-state index is 5.54. The molecule has 3 rings (SSSR count). The molecule has 3 aromatic rings. The highest BCUT2D eigenvalue weighted by Crippen LogP contribution is 2.11. The van der Waals surface area contributed by atoms with Crippen LogP contribution in [-0.2, 0) is 22.6 Å². The van der Waals surface area contributed by atoms with Crippen LogP contribution < -0.4 is 21.7 Å². The predicted molar refractivity (Wildman–Crippen MR) is 128 cm³/mol. The summed E-state index contributed by atoms with van der Waals surface area (Å²) in [7, 11) is 0. The molecule has 0 aliphatic carbocycles. The van der Waals surface area contributed by atoms with Crippen LogP contribution in [0.2, 0.25) is 0 Å². The van der Waals surface area contributed by atoms with E-state index in [1.54, 1.807) is 6.20 Å². The topological polar surface area (TPSA) is 137 Å². The highest BCUT2D eigenvalue weighted by molar-refractivity contribution is 5.42. The summed E-state index contributed by atoms with van der Waals surface area (Å²) < 4.78 is 12.9. The smallest absolute Gasteiger partial charge is 0.229 e. The first-order chi connectivity index (χ1) is 16.3. The van der Waals surface area contributed by atoms with Crippen molar-refractivity contribution in [1.82, 2.24) is 24.5 Å². The van der Waals surface area contributed by atoms with Gasteiger partial charge in [0, 0.05) is 45.1 Å². The van der Waals surface area contributed by atoms with E-state index in [2.05, 4.69) is 48.0 Å². The number of ether oxygens (including phenoxy) is 2. The summed E-state index contributed by atoms with van der Waals surface area (Å²) in [6, 6.07) is 10.1. The van der Waals surface area contributed by atoms with Crippen molar-refractivity contribution in [3.05, 3.63) is 54.6 Å². The molecule has 5 N–H and O–H groups in total. The van der Waals surface area contributed by atoms with Gasteiger partial charge in [0.15, 0.2) is 0 Å². The Bertz CT molecular complexity index is 894. The lowest BCUT2D eigenvalue weighted by Crippen LogP contribution is -2.17. The average Bonchev–Trinajstić information content (AvgIpc) is 3.36. The van der Waals surface area contributed by atoms with Crippen LogP contribution >= 0.6 is 0 Å². The van der Waals surface area contributed by atoms with Crippen LogP contribution in [0.4, 0.5) is 17.8 Å². The Kier molecular flexibility index (Phi) is 10.9. The van der Waals surface area contributed by atoms with Gasteiger partial charge in [-0.1, -0.05) is 30.3 Å². The molecule has 0 aliphatic heterocycles. The molecule has 0 bridgehead atoms. The number of hydrogen-bond donors (Lipinski definition) is 4. The van der Waals surface area contributed by atoms with E-state index in [1.165, 1.54) is 0 Å². The molecule has 0 atom stereocenters. The minimum Gasteiger partial charge on any atom is -0.378 e. The van der Waals surface area contributed by atoms with Crippen molar-refractivity contribution in [2.75, 3.05) is 62.0 Å². The molecule has 0 aliphatic rings. The maximum absolute atomic E-state index is 5.54. The number of imidazole rings is 1. The van der Waals surface area contributed by atoms with Gasteiger partial charge in [-0.25, -0.2) is 4.98 Å². The van der Waals surface area contributed by atoms with Crippen molar-refractivity contribution in [3.8, 4) is 0 Å². The zero-order chi connectivity index (χ0) is 23.0. The van der Waals surface area contributed by atoms with Gasteiger partial charge in [0.2, 0.25) is 17.8 Å². The molecule has 11 heteroatoms. The summed E-state index contributed by atoms with van der Waals surface area (Å²) in [5, 5.41) is 9.75. The quantitative estimate of drug-likeness (QED) is 0.222. The summed E-state index contributed by atoms with van der Waals surface area (Å²) in [5.74, 6) is 1.51. The Morgan fingerprint density at radius 1 is 0.818 bits per heavy atom. The lowest BCUT2D eigenvalue weighted by atomic mass is 10.2. The van der Waals surface area contributed by atoms with Crippen LogP contribution in [0.25, 0.3) is 0 Å².